The van der Waals surface area contributed by atoms with Crippen LogP contribution in [0.15, 0.2) is 66.7 Å². The maximum absolute atomic E-state index is 13.2. The number of Topliss-reactive ketones (excluding diaryl/α,β-unsaturated/α-hetero) is 1. The molecule has 0 radical (unpaired) electrons. The van der Waals surface area contributed by atoms with E-state index in [1.54, 1.807) is 18.2 Å². The Bertz CT molecular complexity index is 1110. The second-order valence-electron chi connectivity index (χ2n) is 6.88. The molecule has 5 nitrogen and oxygen atoms in total. The van der Waals surface area contributed by atoms with E-state index in [0.29, 0.717) is 11.1 Å². The molecule has 0 amide bonds. The number of ketones is 1. The van der Waals surface area contributed by atoms with Gasteiger partial charge >= 0.3 is 0 Å². The number of hydrogen-bond donors (Lipinski definition) is 0. The summed E-state index contributed by atoms with van der Waals surface area (Å²) in [7, 11) is 0. The van der Waals surface area contributed by atoms with Gasteiger partial charge in [-0.2, -0.15) is 5.26 Å². The molecule has 0 spiro atoms. The van der Waals surface area contributed by atoms with E-state index in [2.05, 4.69) is 6.07 Å². The van der Waals surface area contributed by atoms with Crippen molar-refractivity contribution in [3.05, 3.63) is 93.5 Å². The van der Waals surface area contributed by atoms with Gasteiger partial charge in [-0.3, -0.25) is 14.9 Å². The summed E-state index contributed by atoms with van der Waals surface area (Å²) in [4.78, 5) is 24.3. The fraction of sp³-hybridized carbons (Fsp3) is 0.182. The number of nitrogens with zero attached hydrogens (tertiary/aromatic N) is 2. The van der Waals surface area contributed by atoms with Crippen LogP contribution in [0.5, 0.6) is 0 Å². The molecule has 3 aromatic carbocycles. The quantitative estimate of drug-likeness (QED) is 0.519. The molecule has 0 N–H and O–H groups in total. The Hall–Kier alpha value is -3.52. The average Bonchev–Trinajstić information content (AvgIpc) is 2.99. The molecule has 5 heteroatoms. The van der Waals surface area contributed by atoms with Gasteiger partial charge in [-0.15, -0.1) is 0 Å². The van der Waals surface area contributed by atoms with Gasteiger partial charge in [0.15, 0.2) is 5.78 Å². The summed E-state index contributed by atoms with van der Waals surface area (Å²) in [6.07, 6.45) is 0.195. The molecular formula is C22H16N2O3. The molecule has 4 rings (SSSR count). The molecule has 0 unspecified atom stereocenters. The maximum Gasteiger partial charge on any atom is 0.212 e. The molecule has 1 aliphatic rings. The van der Waals surface area contributed by atoms with Crippen LogP contribution in [0.4, 0.5) is 0 Å². The summed E-state index contributed by atoms with van der Waals surface area (Å²) in [6.45, 7) is -0.471. The smallest absolute Gasteiger partial charge is 0.212 e. The molecule has 0 aromatic heterocycles. The van der Waals surface area contributed by atoms with Gasteiger partial charge in [0.25, 0.3) is 0 Å². The van der Waals surface area contributed by atoms with Crippen molar-refractivity contribution in [1.29, 1.82) is 5.26 Å². The van der Waals surface area contributed by atoms with E-state index >= 15 is 0 Å². The minimum Gasteiger partial charge on any atom is -0.292 e. The fourth-order valence-corrected chi connectivity index (χ4v) is 4.19. The zero-order valence-electron chi connectivity index (χ0n) is 14.5. The zero-order valence-corrected chi connectivity index (χ0v) is 14.5. The molecule has 0 heterocycles. The van der Waals surface area contributed by atoms with Crippen molar-refractivity contribution in [2.45, 2.75) is 12.3 Å². The lowest BCUT2D eigenvalue weighted by atomic mass is 9.69. The minimum absolute atomic E-state index is 0.195. The highest BCUT2D eigenvalue weighted by Crippen LogP contribution is 2.48. The SMILES string of the molecule is N#C[C@]1([C@@H](C[N+](=O)[O-])c2cccc3ccccc23)Cc2ccccc2C1=O. The third-order valence-electron chi connectivity index (χ3n) is 5.46. The Balaban J connectivity index is 1.94. The molecule has 132 valence electrons. The number of carbonyl (C=O) groups is 1. The first-order valence-corrected chi connectivity index (χ1v) is 8.70. The van der Waals surface area contributed by atoms with Gasteiger partial charge in [0.2, 0.25) is 6.54 Å². The number of benzene rings is 3. The van der Waals surface area contributed by atoms with Crippen molar-refractivity contribution in [3.8, 4) is 6.07 Å². The normalized spacial score (nSPS) is 19.4. The number of fused-ring (bicyclic) bond motifs is 2. The summed E-state index contributed by atoms with van der Waals surface area (Å²) in [5, 5.41) is 23.3. The summed E-state index contributed by atoms with van der Waals surface area (Å²) in [5.41, 5.74) is 0.471. The standard InChI is InChI=1S/C22H16N2O3/c23-14-22(12-16-7-2-4-10-18(16)21(22)25)20(13-24(26)27)19-11-5-8-15-6-1-3-9-17(15)19/h1-11,20H,12-13H2/t20-,22-/m0/s1. The maximum atomic E-state index is 13.2. The van der Waals surface area contributed by atoms with E-state index in [0.717, 1.165) is 16.3 Å². The van der Waals surface area contributed by atoms with E-state index < -0.39 is 22.8 Å². The summed E-state index contributed by atoms with van der Waals surface area (Å²) >= 11 is 0. The van der Waals surface area contributed by atoms with Crippen LogP contribution in [0.25, 0.3) is 10.8 Å². The Labute approximate surface area is 156 Å². The van der Waals surface area contributed by atoms with Crippen molar-refractivity contribution in [3.63, 3.8) is 0 Å². The third kappa shape index (κ3) is 2.58. The second-order valence-corrected chi connectivity index (χ2v) is 6.88. The lowest BCUT2D eigenvalue weighted by Crippen LogP contribution is -2.37. The van der Waals surface area contributed by atoms with Crippen LogP contribution in [0.3, 0.4) is 0 Å². The van der Waals surface area contributed by atoms with E-state index in [4.69, 9.17) is 0 Å². The van der Waals surface area contributed by atoms with Gasteiger partial charge in [-0.25, -0.2) is 0 Å². The molecule has 0 aliphatic heterocycles. The molecular weight excluding hydrogens is 340 g/mol. The highest BCUT2D eigenvalue weighted by molar-refractivity contribution is 6.07. The predicted molar refractivity (Wildman–Crippen MR) is 101 cm³/mol. The van der Waals surface area contributed by atoms with Gasteiger partial charge in [-0.05, 0) is 21.9 Å². The summed E-state index contributed by atoms with van der Waals surface area (Å²) in [5.74, 6) is -1.15. The van der Waals surface area contributed by atoms with Gasteiger partial charge in [-0.1, -0.05) is 66.7 Å². The first kappa shape index (κ1) is 16.9. The minimum atomic E-state index is -1.47. The van der Waals surface area contributed by atoms with Crippen molar-refractivity contribution in [1.82, 2.24) is 0 Å². The Morgan fingerprint density at radius 2 is 1.78 bits per heavy atom. The van der Waals surface area contributed by atoms with Crippen LogP contribution in [-0.2, 0) is 6.42 Å². The molecule has 27 heavy (non-hydrogen) atoms. The third-order valence-corrected chi connectivity index (χ3v) is 5.46. The number of hydrogen-bond acceptors (Lipinski definition) is 4. The predicted octanol–water partition coefficient (Wildman–Crippen LogP) is 4.15. The molecule has 1 aliphatic carbocycles. The lowest BCUT2D eigenvalue weighted by Gasteiger charge is -2.28. The molecule has 0 bridgehead atoms. The van der Waals surface area contributed by atoms with Crippen LogP contribution in [-0.4, -0.2) is 17.3 Å². The fourth-order valence-electron chi connectivity index (χ4n) is 4.19. The topological polar surface area (TPSA) is 84.0 Å². The second kappa shape index (κ2) is 6.33. The van der Waals surface area contributed by atoms with Crippen LogP contribution < -0.4 is 0 Å². The van der Waals surface area contributed by atoms with Gasteiger partial charge in [0.1, 0.15) is 5.41 Å². The van der Waals surface area contributed by atoms with Crippen molar-refractivity contribution < 1.29 is 9.72 Å². The van der Waals surface area contributed by atoms with Crippen LogP contribution in [0, 0.1) is 26.9 Å². The van der Waals surface area contributed by atoms with Gasteiger partial charge in [0, 0.05) is 16.9 Å². The van der Waals surface area contributed by atoms with Crippen LogP contribution in [0.2, 0.25) is 0 Å². The van der Waals surface area contributed by atoms with Crippen molar-refractivity contribution in [2.24, 2.45) is 5.41 Å². The molecule has 3 aromatic rings. The van der Waals surface area contributed by atoms with Crippen molar-refractivity contribution in [2.75, 3.05) is 6.54 Å². The Morgan fingerprint density at radius 1 is 1.07 bits per heavy atom. The van der Waals surface area contributed by atoms with Crippen LogP contribution in [0.1, 0.15) is 27.4 Å². The van der Waals surface area contributed by atoms with Gasteiger partial charge in [0.05, 0.1) is 12.0 Å². The average molecular weight is 356 g/mol. The molecule has 0 saturated heterocycles. The van der Waals surface area contributed by atoms with Gasteiger partial charge < -0.3 is 0 Å². The number of nitro groups is 1. The molecule has 2 atom stereocenters. The first-order chi connectivity index (χ1) is 13.1. The number of carbonyl (C=O) groups excluding carboxylic acids is 1. The summed E-state index contributed by atoms with van der Waals surface area (Å²) < 4.78 is 0. The monoisotopic (exact) mass is 356 g/mol. The van der Waals surface area contributed by atoms with E-state index in [9.17, 15) is 20.2 Å². The highest BCUT2D eigenvalue weighted by atomic mass is 16.6. The van der Waals surface area contributed by atoms with Crippen LogP contribution >= 0.6 is 0 Å². The summed E-state index contributed by atoms with van der Waals surface area (Å²) in [6, 6.07) is 22.4. The first-order valence-electron chi connectivity index (χ1n) is 8.70. The number of nitriles is 1. The zero-order chi connectivity index (χ0) is 19.0. The van der Waals surface area contributed by atoms with Crippen molar-refractivity contribution >= 4 is 16.6 Å². The lowest BCUT2D eigenvalue weighted by molar-refractivity contribution is -0.485. The van der Waals surface area contributed by atoms with E-state index in [1.807, 2.05) is 48.5 Å². The highest BCUT2D eigenvalue weighted by Gasteiger charge is 2.54. The number of rotatable bonds is 4. The largest absolute Gasteiger partial charge is 0.292 e. The van der Waals surface area contributed by atoms with E-state index in [1.165, 1.54) is 0 Å². The Kier molecular flexibility index (Phi) is 3.97. The molecule has 0 saturated carbocycles. The Morgan fingerprint density at radius 3 is 2.52 bits per heavy atom. The molecule has 0 fully saturated rings. The van der Waals surface area contributed by atoms with E-state index in [-0.39, 0.29) is 12.2 Å².